The molecule has 0 aromatic heterocycles. The van der Waals surface area contributed by atoms with Crippen molar-refractivity contribution in [3.63, 3.8) is 0 Å². The number of rotatable bonds is 6. The highest BCUT2D eigenvalue weighted by Crippen LogP contribution is 2.19. The van der Waals surface area contributed by atoms with E-state index in [2.05, 4.69) is 5.32 Å². The number of hydrogen-bond donors (Lipinski definition) is 2. The molecule has 1 amide bonds. The van der Waals surface area contributed by atoms with E-state index < -0.39 is 5.60 Å². The molecule has 0 heterocycles. The second-order valence-electron chi connectivity index (χ2n) is 5.98. The van der Waals surface area contributed by atoms with Crippen LogP contribution in [0.4, 0.5) is 5.69 Å². The van der Waals surface area contributed by atoms with Crippen molar-refractivity contribution in [3.05, 3.63) is 29.8 Å². The van der Waals surface area contributed by atoms with Crippen LogP contribution in [0.15, 0.2) is 24.3 Å². The summed E-state index contributed by atoms with van der Waals surface area (Å²) in [6.45, 7) is 10.3. The molecule has 0 saturated carbocycles. The van der Waals surface area contributed by atoms with E-state index in [9.17, 15) is 9.90 Å². The van der Waals surface area contributed by atoms with Crippen molar-refractivity contribution in [1.29, 1.82) is 0 Å². The zero-order valence-electron chi connectivity index (χ0n) is 13.1. The van der Waals surface area contributed by atoms with Gasteiger partial charge in [-0.05, 0) is 46.8 Å². The van der Waals surface area contributed by atoms with Crippen molar-refractivity contribution in [3.8, 4) is 0 Å². The highest BCUT2D eigenvalue weighted by molar-refractivity contribution is 5.99. The minimum atomic E-state index is -0.897. The molecule has 0 aliphatic rings. The fourth-order valence-electron chi connectivity index (χ4n) is 2.07. The van der Waals surface area contributed by atoms with E-state index in [0.717, 1.165) is 5.69 Å². The van der Waals surface area contributed by atoms with Crippen molar-refractivity contribution >= 4 is 11.6 Å². The van der Waals surface area contributed by atoms with Gasteiger partial charge in [-0.25, -0.2) is 0 Å². The van der Waals surface area contributed by atoms with E-state index in [1.54, 1.807) is 18.7 Å². The average Bonchev–Trinajstić information content (AvgIpc) is 2.34. The summed E-state index contributed by atoms with van der Waals surface area (Å²) in [5.41, 5.74) is 0.584. The van der Waals surface area contributed by atoms with Crippen LogP contribution >= 0.6 is 0 Å². The molecule has 0 aliphatic carbocycles. The van der Waals surface area contributed by atoms with Gasteiger partial charge in [0.05, 0.1) is 11.2 Å². The number of benzene rings is 1. The number of aliphatic hydroxyl groups is 1. The minimum Gasteiger partial charge on any atom is -0.389 e. The molecule has 20 heavy (non-hydrogen) atoms. The Kier molecular flexibility index (Phi) is 5.57. The predicted molar refractivity (Wildman–Crippen MR) is 83.1 cm³/mol. The maximum atomic E-state index is 12.6. The number of carbonyl (C=O) groups excluding carboxylic acids is 1. The lowest BCUT2D eigenvalue weighted by Crippen LogP contribution is -2.42. The number of carbonyl (C=O) groups is 1. The Bertz CT molecular complexity index is 450. The van der Waals surface area contributed by atoms with E-state index >= 15 is 0 Å². The number of hydrogen-bond acceptors (Lipinski definition) is 3. The number of para-hydroxylation sites is 1. The number of nitrogens with zero attached hydrogens (tertiary/aromatic N) is 1. The van der Waals surface area contributed by atoms with E-state index in [1.165, 1.54) is 0 Å². The Morgan fingerprint density at radius 3 is 2.45 bits per heavy atom. The van der Waals surface area contributed by atoms with E-state index in [0.29, 0.717) is 18.7 Å². The summed E-state index contributed by atoms with van der Waals surface area (Å²) in [5, 5.41) is 13.2. The average molecular weight is 278 g/mol. The van der Waals surface area contributed by atoms with Gasteiger partial charge in [-0.1, -0.05) is 12.1 Å². The van der Waals surface area contributed by atoms with Crippen LogP contribution in [0.2, 0.25) is 0 Å². The first-order valence-electron chi connectivity index (χ1n) is 7.12. The molecule has 1 aromatic rings. The molecule has 0 unspecified atom stereocenters. The summed E-state index contributed by atoms with van der Waals surface area (Å²) >= 11 is 0. The lowest BCUT2D eigenvalue weighted by Gasteiger charge is -2.29. The molecule has 2 N–H and O–H groups in total. The lowest BCUT2D eigenvalue weighted by molar-refractivity contribution is 0.0315. The number of likely N-dealkylation sites (N-methyl/N-ethyl adjacent to an activating group) is 1. The largest absolute Gasteiger partial charge is 0.389 e. The second-order valence-corrected chi connectivity index (χ2v) is 5.98. The van der Waals surface area contributed by atoms with Crippen LogP contribution in [0.5, 0.6) is 0 Å². The van der Waals surface area contributed by atoms with Crippen LogP contribution in [0, 0.1) is 0 Å². The highest BCUT2D eigenvalue weighted by atomic mass is 16.3. The normalized spacial score (nSPS) is 11.6. The minimum absolute atomic E-state index is 0.0571. The van der Waals surface area contributed by atoms with Gasteiger partial charge >= 0.3 is 0 Å². The molecule has 0 radical (unpaired) electrons. The molecule has 0 bridgehead atoms. The van der Waals surface area contributed by atoms with Crippen LogP contribution < -0.4 is 5.32 Å². The molecule has 4 nitrogen and oxygen atoms in total. The van der Waals surface area contributed by atoms with Crippen molar-refractivity contribution in [2.24, 2.45) is 0 Å². The summed E-state index contributed by atoms with van der Waals surface area (Å²) in [6, 6.07) is 7.75. The molecule has 0 spiro atoms. The summed E-state index contributed by atoms with van der Waals surface area (Å²) in [6.07, 6.45) is 0. The Balaban J connectivity index is 3.00. The molecule has 4 heteroatoms. The number of nitrogens with one attached hydrogen (secondary N) is 1. The Morgan fingerprint density at radius 1 is 1.35 bits per heavy atom. The SMILES string of the molecule is CCN(CC(C)(C)O)C(=O)c1ccccc1NC(C)C. The second kappa shape index (κ2) is 6.75. The van der Waals surface area contributed by atoms with Gasteiger partial charge in [0.1, 0.15) is 0 Å². The number of anilines is 1. The maximum Gasteiger partial charge on any atom is 0.256 e. The van der Waals surface area contributed by atoms with Gasteiger partial charge in [-0.15, -0.1) is 0 Å². The van der Waals surface area contributed by atoms with Gasteiger partial charge in [-0.3, -0.25) is 4.79 Å². The first kappa shape index (κ1) is 16.5. The molecule has 0 saturated heterocycles. The first-order valence-corrected chi connectivity index (χ1v) is 7.12. The van der Waals surface area contributed by atoms with E-state index in [1.807, 2.05) is 45.0 Å². The third-order valence-corrected chi connectivity index (χ3v) is 2.85. The smallest absolute Gasteiger partial charge is 0.256 e. The quantitative estimate of drug-likeness (QED) is 0.841. The lowest BCUT2D eigenvalue weighted by atomic mass is 10.1. The standard InChI is InChI=1S/C16H26N2O2/c1-6-18(11-16(4,5)20)15(19)13-9-7-8-10-14(13)17-12(2)3/h7-10,12,17,20H,6,11H2,1-5H3. The van der Waals surface area contributed by atoms with E-state index in [-0.39, 0.29) is 11.9 Å². The molecule has 1 rings (SSSR count). The van der Waals surface area contributed by atoms with Gasteiger partial charge in [0, 0.05) is 24.8 Å². The summed E-state index contributed by atoms with van der Waals surface area (Å²) in [7, 11) is 0. The fourth-order valence-corrected chi connectivity index (χ4v) is 2.07. The molecular weight excluding hydrogens is 252 g/mol. The third kappa shape index (κ3) is 4.85. The molecule has 0 aliphatic heterocycles. The molecule has 0 atom stereocenters. The zero-order chi connectivity index (χ0) is 15.3. The van der Waals surface area contributed by atoms with Crippen molar-refractivity contribution in [1.82, 2.24) is 4.90 Å². The van der Waals surface area contributed by atoms with Crippen molar-refractivity contribution in [2.75, 3.05) is 18.4 Å². The molecule has 112 valence electrons. The summed E-state index contributed by atoms with van der Waals surface area (Å²) in [4.78, 5) is 14.3. The van der Waals surface area contributed by atoms with Crippen LogP contribution in [-0.4, -0.2) is 40.6 Å². The van der Waals surface area contributed by atoms with Gasteiger partial charge in [0.2, 0.25) is 0 Å². The topological polar surface area (TPSA) is 52.6 Å². The Labute approximate surface area is 121 Å². The van der Waals surface area contributed by atoms with Crippen LogP contribution in [0.1, 0.15) is 45.0 Å². The predicted octanol–water partition coefficient (Wildman–Crippen LogP) is 2.74. The monoisotopic (exact) mass is 278 g/mol. The van der Waals surface area contributed by atoms with Gasteiger partial charge in [0.25, 0.3) is 5.91 Å². The van der Waals surface area contributed by atoms with Gasteiger partial charge < -0.3 is 15.3 Å². The fraction of sp³-hybridized carbons (Fsp3) is 0.562. The maximum absolute atomic E-state index is 12.6. The summed E-state index contributed by atoms with van der Waals surface area (Å²) < 4.78 is 0. The van der Waals surface area contributed by atoms with E-state index in [4.69, 9.17) is 0 Å². The zero-order valence-corrected chi connectivity index (χ0v) is 13.1. The van der Waals surface area contributed by atoms with Crippen molar-refractivity contribution in [2.45, 2.75) is 46.3 Å². The first-order chi connectivity index (χ1) is 9.24. The third-order valence-electron chi connectivity index (χ3n) is 2.85. The van der Waals surface area contributed by atoms with Crippen LogP contribution in [-0.2, 0) is 0 Å². The van der Waals surface area contributed by atoms with Crippen molar-refractivity contribution < 1.29 is 9.90 Å². The van der Waals surface area contributed by atoms with Gasteiger partial charge in [-0.2, -0.15) is 0 Å². The Hall–Kier alpha value is -1.55. The summed E-state index contributed by atoms with van der Waals surface area (Å²) in [5.74, 6) is -0.0571. The molecule has 0 fully saturated rings. The molecular formula is C16H26N2O2. The highest BCUT2D eigenvalue weighted by Gasteiger charge is 2.23. The van der Waals surface area contributed by atoms with Crippen LogP contribution in [0.3, 0.4) is 0 Å². The van der Waals surface area contributed by atoms with Crippen LogP contribution in [0.25, 0.3) is 0 Å². The Morgan fingerprint density at radius 2 is 1.95 bits per heavy atom. The molecule has 1 aromatic carbocycles. The number of amides is 1. The van der Waals surface area contributed by atoms with Gasteiger partial charge in [0.15, 0.2) is 0 Å².